The van der Waals surface area contributed by atoms with E-state index in [9.17, 15) is 22.8 Å². The van der Waals surface area contributed by atoms with Crippen LogP contribution in [0.1, 0.15) is 26.3 Å². The number of nitriles is 1. The summed E-state index contributed by atoms with van der Waals surface area (Å²) in [7, 11) is 0.957. The number of nitrogens with zero attached hydrogens (tertiary/aromatic N) is 1. The van der Waals surface area contributed by atoms with E-state index in [1.807, 2.05) is 0 Å². The number of rotatable bonds is 3. The predicted molar refractivity (Wildman–Crippen MR) is 54.6 cm³/mol. The molecular formula is C11H6F3NO4. The Kier molecular flexibility index (Phi) is 4.11. The van der Waals surface area contributed by atoms with Crippen LogP contribution in [0.2, 0.25) is 0 Å². The zero-order valence-corrected chi connectivity index (χ0v) is 9.45. The SMILES string of the molecule is COC(=O)c1cc(C=O)c(C#N)cc1OC(F)(F)F. The van der Waals surface area contributed by atoms with E-state index in [-0.39, 0.29) is 17.4 Å². The summed E-state index contributed by atoms with van der Waals surface area (Å²) < 4.78 is 44.4. The average Bonchev–Trinajstić information content (AvgIpc) is 2.35. The normalized spacial score (nSPS) is 10.5. The van der Waals surface area contributed by atoms with Gasteiger partial charge >= 0.3 is 12.3 Å². The van der Waals surface area contributed by atoms with Crippen molar-refractivity contribution in [3.8, 4) is 11.8 Å². The van der Waals surface area contributed by atoms with E-state index >= 15 is 0 Å². The van der Waals surface area contributed by atoms with Crippen LogP contribution in [-0.4, -0.2) is 25.7 Å². The van der Waals surface area contributed by atoms with Crippen molar-refractivity contribution in [1.82, 2.24) is 0 Å². The topological polar surface area (TPSA) is 76.4 Å². The number of methoxy groups -OCH3 is 1. The third kappa shape index (κ3) is 3.45. The highest BCUT2D eigenvalue weighted by Gasteiger charge is 2.33. The highest BCUT2D eigenvalue weighted by Crippen LogP contribution is 2.29. The molecule has 1 aromatic rings. The molecule has 1 aromatic carbocycles. The lowest BCUT2D eigenvalue weighted by Crippen LogP contribution is -2.19. The van der Waals surface area contributed by atoms with E-state index in [1.165, 1.54) is 6.07 Å². The molecule has 0 radical (unpaired) electrons. The van der Waals surface area contributed by atoms with Gasteiger partial charge in [0.1, 0.15) is 17.4 Å². The Balaban J connectivity index is 3.45. The number of ether oxygens (including phenoxy) is 2. The Labute approximate surface area is 105 Å². The Morgan fingerprint density at radius 2 is 2.05 bits per heavy atom. The minimum Gasteiger partial charge on any atom is -0.465 e. The highest BCUT2D eigenvalue weighted by atomic mass is 19.4. The summed E-state index contributed by atoms with van der Waals surface area (Å²) in [6, 6.07) is 2.99. The van der Waals surface area contributed by atoms with Gasteiger partial charge in [-0.3, -0.25) is 4.79 Å². The lowest BCUT2D eigenvalue weighted by atomic mass is 10.0. The van der Waals surface area contributed by atoms with E-state index in [0.717, 1.165) is 13.2 Å². The summed E-state index contributed by atoms with van der Waals surface area (Å²) in [5, 5.41) is 8.70. The Hall–Kier alpha value is -2.56. The minimum absolute atomic E-state index is 0.238. The molecule has 0 saturated heterocycles. The molecule has 1 rings (SSSR count). The molecule has 0 saturated carbocycles. The summed E-state index contributed by atoms with van der Waals surface area (Å²) >= 11 is 0. The zero-order valence-electron chi connectivity index (χ0n) is 9.45. The van der Waals surface area contributed by atoms with Crippen LogP contribution in [0.4, 0.5) is 13.2 Å². The molecule has 0 heterocycles. The average molecular weight is 273 g/mol. The van der Waals surface area contributed by atoms with Crippen LogP contribution in [0.3, 0.4) is 0 Å². The van der Waals surface area contributed by atoms with Crippen molar-refractivity contribution in [1.29, 1.82) is 5.26 Å². The largest absolute Gasteiger partial charge is 0.573 e. The van der Waals surface area contributed by atoms with E-state index in [1.54, 1.807) is 0 Å². The van der Waals surface area contributed by atoms with Crippen molar-refractivity contribution >= 4 is 12.3 Å². The van der Waals surface area contributed by atoms with Gasteiger partial charge in [-0.05, 0) is 12.1 Å². The molecule has 0 aliphatic heterocycles. The summed E-state index contributed by atoms with van der Waals surface area (Å²) in [5.74, 6) is -2.02. The lowest BCUT2D eigenvalue weighted by molar-refractivity contribution is -0.274. The molecule has 0 N–H and O–H groups in total. The standard InChI is InChI=1S/C11H6F3NO4/c1-18-10(17)8-2-7(5-16)6(4-15)3-9(8)19-11(12,13)14/h2-3,5H,1H3. The maximum absolute atomic E-state index is 12.2. The summed E-state index contributed by atoms with van der Waals surface area (Å²) in [4.78, 5) is 22.0. The first-order valence-corrected chi connectivity index (χ1v) is 4.69. The molecule has 5 nitrogen and oxygen atoms in total. The molecule has 19 heavy (non-hydrogen) atoms. The van der Waals surface area contributed by atoms with Gasteiger partial charge in [0, 0.05) is 5.56 Å². The van der Waals surface area contributed by atoms with Crippen LogP contribution < -0.4 is 4.74 Å². The monoisotopic (exact) mass is 273 g/mol. The number of benzene rings is 1. The van der Waals surface area contributed by atoms with E-state index in [0.29, 0.717) is 6.07 Å². The quantitative estimate of drug-likeness (QED) is 0.622. The van der Waals surface area contributed by atoms with Gasteiger partial charge in [0.05, 0.1) is 12.7 Å². The smallest absolute Gasteiger partial charge is 0.465 e. The van der Waals surface area contributed by atoms with Crippen LogP contribution in [0, 0.1) is 11.3 Å². The summed E-state index contributed by atoms with van der Waals surface area (Å²) in [5.41, 5.74) is -1.18. The van der Waals surface area contributed by atoms with Crippen molar-refractivity contribution < 1.29 is 32.2 Å². The predicted octanol–water partition coefficient (Wildman–Crippen LogP) is 2.06. The zero-order chi connectivity index (χ0) is 14.6. The Morgan fingerprint density at radius 3 is 2.47 bits per heavy atom. The first-order valence-electron chi connectivity index (χ1n) is 4.69. The maximum Gasteiger partial charge on any atom is 0.573 e. The second-order valence-electron chi connectivity index (χ2n) is 3.20. The third-order valence-corrected chi connectivity index (χ3v) is 2.03. The number of carbonyl (C=O) groups is 2. The van der Waals surface area contributed by atoms with Crippen molar-refractivity contribution in [2.24, 2.45) is 0 Å². The molecule has 0 spiro atoms. The fraction of sp³-hybridized carbons (Fsp3) is 0.182. The number of hydrogen-bond donors (Lipinski definition) is 0. The molecule has 100 valence electrons. The van der Waals surface area contributed by atoms with Crippen LogP contribution in [0.5, 0.6) is 5.75 Å². The van der Waals surface area contributed by atoms with Gasteiger partial charge < -0.3 is 9.47 Å². The van der Waals surface area contributed by atoms with Crippen molar-refractivity contribution in [2.45, 2.75) is 6.36 Å². The van der Waals surface area contributed by atoms with Crippen LogP contribution in [0.25, 0.3) is 0 Å². The Morgan fingerprint density at radius 1 is 1.42 bits per heavy atom. The number of alkyl halides is 3. The fourth-order valence-electron chi connectivity index (χ4n) is 1.27. The van der Waals surface area contributed by atoms with Gasteiger partial charge in [-0.1, -0.05) is 0 Å². The minimum atomic E-state index is -5.04. The number of carbonyl (C=O) groups excluding carboxylic acids is 2. The molecule has 0 aliphatic carbocycles. The van der Waals surface area contributed by atoms with E-state index in [2.05, 4.69) is 9.47 Å². The van der Waals surface area contributed by atoms with Crippen molar-refractivity contribution in [3.63, 3.8) is 0 Å². The molecule has 0 unspecified atom stereocenters. The molecule has 0 atom stereocenters. The number of esters is 1. The maximum atomic E-state index is 12.2. The third-order valence-electron chi connectivity index (χ3n) is 2.03. The fourth-order valence-corrected chi connectivity index (χ4v) is 1.27. The second-order valence-corrected chi connectivity index (χ2v) is 3.20. The Bertz CT molecular complexity index is 560. The number of aldehydes is 1. The summed E-state index contributed by atoms with van der Waals surface area (Å²) in [6.07, 6.45) is -4.81. The first kappa shape index (κ1) is 14.5. The van der Waals surface area contributed by atoms with Gasteiger partial charge in [-0.15, -0.1) is 13.2 Å². The molecule has 0 amide bonds. The summed E-state index contributed by atoms with van der Waals surface area (Å²) in [6.45, 7) is 0. The van der Waals surface area contributed by atoms with Crippen LogP contribution >= 0.6 is 0 Å². The molecule has 0 aliphatic rings. The lowest BCUT2D eigenvalue weighted by Gasteiger charge is -2.13. The van der Waals surface area contributed by atoms with Gasteiger partial charge in [0.15, 0.2) is 6.29 Å². The van der Waals surface area contributed by atoms with Gasteiger partial charge in [0.25, 0.3) is 0 Å². The molecule has 0 bridgehead atoms. The van der Waals surface area contributed by atoms with Gasteiger partial charge in [-0.2, -0.15) is 5.26 Å². The second kappa shape index (κ2) is 5.39. The van der Waals surface area contributed by atoms with Crippen LogP contribution in [0.15, 0.2) is 12.1 Å². The molecular weight excluding hydrogens is 267 g/mol. The van der Waals surface area contributed by atoms with E-state index < -0.39 is 23.6 Å². The molecule has 0 aromatic heterocycles. The first-order chi connectivity index (χ1) is 8.82. The number of halogens is 3. The van der Waals surface area contributed by atoms with Crippen LogP contribution in [-0.2, 0) is 4.74 Å². The molecule has 0 fully saturated rings. The van der Waals surface area contributed by atoms with Crippen molar-refractivity contribution in [2.75, 3.05) is 7.11 Å². The van der Waals surface area contributed by atoms with Gasteiger partial charge in [-0.25, -0.2) is 4.79 Å². The van der Waals surface area contributed by atoms with Gasteiger partial charge in [0.2, 0.25) is 0 Å². The van der Waals surface area contributed by atoms with Crippen molar-refractivity contribution in [3.05, 3.63) is 28.8 Å². The number of hydrogen-bond acceptors (Lipinski definition) is 5. The highest BCUT2D eigenvalue weighted by molar-refractivity contribution is 5.95. The van der Waals surface area contributed by atoms with E-state index in [4.69, 9.17) is 5.26 Å². The molecule has 8 heteroatoms.